The number of carbonyl (C=O) groups excluding carboxylic acids is 1. The summed E-state index contributed by atoms with van der Waals surface area (Å²) < 4.78 is 1.18. The smallest absolute Gasteiger partial charge is 0.295 e. The van der Waals surface area contributed by atoms with Crippen LogP contribution in [0.15, 0.2) is 0 Å². The van der Waals surface area contributed by atoms with Crippen LogP contribution in [0.1, 0.15) is 21.2 Å². The molecule has 9 nitrogen and oxygen atoms in total. The standard InChI is InChI=1S/C9H10N6O3S/c1-4-6(15(17)18)7(14(3)13-4)8(16)10-9-12-11-5(2)19-9/h1-3H3,(H,10,12,16). The predicted molar refractivity (Wildman–Crippen MR) is 67.2 cm³/mol. The number of hydrogen-bond acceptors (Lipinski definition) is 7. The number of hydrogen-bond donors (Lipinski definition) is 1. The van der Waals surface area contributed by atoms with Gasteiger partial charge >= 0.3 is 5.69 Å². The summed E-state index contributed by atoms with van der Waals surface area (Å²) in [6.45, 7) is 3.22. The van der Waals surface area contributed by atoms with Crippen molar-refractivity contribution in [1.29, 1.82) is 0 Å². The zero-order valence-corrected chi connectivity index (χ0v) is 11.2. The summed E-state index contributed by atoms with van der Waals surface area (Å²) >= 11 is 1.18. The molecule has 0 atom stereocenters. The summed E-state index contributed by atoms with van der Waals surface area (Å²) in [4.78, 5) is 22.4. The molecule has 0 aromatic carbocycles. The van der Waals surface area contributed by atoms with E-state index in [9.17, 15) is 14.9 Å². The Balaban J connectivity index is 2.36. The summed E-state index contributed by atoms with van der Waals surface area (Å²) in [6, 6.07) is 0. The van der Waals surface area contributed by atoms with E-state index in [2.05, 4.69) is 20.6 Å². The highest BCUT2D eigenvalue weighted by Crippen LogP contribution is 2.23. The molecule has 2 aromatic heterocycles. The molecule has 0 aliphatic rings. The van der Waals surface area contributed by atoms with Gasteiger partial charge in [-0.15, -0.1) is 10.2 Å². The second kappa shape index (κ2) is 4.72. The molecule has 0 radical (unpaired) electrons. The molecule has 0 aliphatic carbocycles. The summed E-state index contributed by atoms with van der Waals surface area (Å²) in [6.07, 6.45) is 0. The highest BCUT2D eigenvalue weighted by atomic mass is 32.1. The van der Waals surface area contributed by atoms with Crippen LogP contribution in [-0.2, 0) is 7.05 Å². The molecule has 0 bridgehead atoms. The van der Waals surface area contributed by atoms with E-state index in [-0.39, 0.29) is 22.2 Å². The van der Waals surface area contributed by atoms with E-state index in [0.717, 1.165) is 0 Å². The van der Waals surface area contributed by atoms with Gasteiger partial charge in [0.05, 0.1) is 4.92 Å². The Morgan fingerprint density at radius 1 is 1.42 bits per heavy atom. The third-order valence-electron chi connectivity index (χ3n) is 2.33. The van der Waals surface area contributed by atoms with Crippen molar-refractivity contribution >= 4 is 28.1 Å². The van der Waals surface area contributed by atoms with E-state index in [1.807, 2.05) is 0 Å². The first-order valence-corrected chi connectivity index (χ1v) is 6.01. The van der Waals surface area contributed by atoms with Gasteiger partial charge < -0.3 is 0 Å². The van der Waals surface area contributed by atoms with Crippen LogP contribution in [0.4, 0.5) is 10.8 Å². The minimum atomic E-state index is -0.633. The molecule has 19 heavy (non-hydrogen) atoms. The minimum Gasteiger partial charge on any atom is -0.295 e. The van der Waals surface area contributed by atoms with Crippen LogP contribution < -0.4 is 5.32 Å². The van der Waals surface area contributed by atoms with Gasteiger partial charge in [-0.2, -0.15) is 5.10 Å². The Morgan fingerprint density at radius 2 is 2.11 bits per heavy atom. The van der Waals surface area contributed by atoms with E-state index < -0.39 is 10.8 Å². The molecule has 2 aromatic rings. The van der Waals surface area contributed by atoms with Crippen LogP contribution in [0.25, 0.3) is 0 Å². The maximum Gasteiger partial charge on any atom is 0.322 e. The van der Waals surface area contributed by atoms with Crippen molar-refractivity contribution in [1.82, 2.24) is 20.0 Å². The molecular weight excluding hydrogens is 272 g/mol. The first kappa shape index (κ1) is 13.1. The lowest BCUT2D eigenvalue weighted by Gasteiger charge is -2.00. The van der Waals surface area contributed by atoms with Gasteiger partial charge in [-0.3, -0.25) is 24.9 Å². The first-order valence-electron chi connectivity index (χ1n) is 5.19. The van der Waals surface area contributed by atoms with Crippen molar-refractivity contribution in [3.63, 3.8) is 0 Å². The number of nitrogens with zero attached hydrogens (tertiary/aromatic N) is 5. The van der Waals surface area contributed by atoms with Crippen molar-refractivity contribution < 1.29 is 9.72 Å². The quantitative estimate of drug-likeness (QED) is 0.664. The Labute approximate surface area is 111 Å². The van der Waals surface area contributed by atoms with Gasteiger partial charge in [0.25, 0.3) is 5.91 Å². The Morgan fingerprint density at radius 3 is 2.63 bits per heavy atom. The number of anilines is 1. The molecule has 0 saturated heterocycles. The Hall–Kier alpha value is -2.36. The molecular formula is C9H10N6O3S. The fourth-order valence-corrected chi connectivity index (χ4v) is 2.21. The largest absolute Gasteiger partial charge is 0.322 e. The van der Waals surface area contributed by atoms with E-state index in [1.165, 1.54) is 30.0 Å². The minimum absolute atomic E-state index is 0.115. The van der Waals surface area contributed by atoms with Crippen molar-refractivity contribution in [3.8, 4) is 0 Å². The zero-order chi connectivity index (χ0) is 14.2. The zero-order valence-electron chi connectivity index (χ0n) is 10.4. The lowest BCUT2D eigenvalue weighted by molar-refractivity contribution is -0.385. The summed E-state index contributed by atoms with van der Waals surface area (Å²) in [5.74, 6) is -0.633. The van der Waals surface area contributed by atoms with Crippen LogP contribution in [0, 0.1) is 24.0 Å². The third-order valence-corrected chi connectivity index (χ3v) is 3.09. The third kappa shape index (κ3) is 2.42. The molecule has 1 N–H and O–H groups in total. The molecule has 10 heteroatoms. The normalized spacial score (nSPS) is 10.5. The SMILES string of the molecule is Cc1nnc(NC(=O)c2c([N+](=O)[O-])c(C)nn2C)s1. The van der Waals surface area contributed by atoms with Crippen molar-refractivity contribution in [2.24, 2.45) is 7.05 Å². The van der Waals surface area contributed by atoms with Gasteiger partial charge in [0.1, 0.15) is 10.7 Å². The second-order valence-electron chi connectivity index (χ2n) is 3.74. The Bertz CT molecular complexity index is 661. The highest BCUT2D eigenvalue weighted by molar-refractivity contribution is 7.15. The topological polar surface area (TPSA) is 116 Å². The number of aryl methyl sites for hydroxylation is 3. The molecule has 0 saturated carbocycles. The van der Waals surface area contributed by atoms with Crippen molar-refractivity contribution in [3.05, 3.63) is 26.5 Å². The van der Waals surface area contributed by atoms with E-state index in [0.29, 0.717) is 5.01 Å². The number of nitro groups is 1. The summed E-state index contributed by atoms with van der Waals surface area (Å²) in [7, 11) is 1.47. The van der Waals surface area contributed by atoms with E-state index >= 15 is 0 Å². The number of nitrogens with one attached hydrogen (secondary N) is 1. The van der Waals surface area contributed by atoms with Crippen LogP contribution in [0.5, 0.6) is 0 Å². The van der Waals surface area contributed by atoms with Crippen LogP contribution in [0.3, 0.4) is 0 Å². The van der Waals surface area contributed by atoms with Crippen molar-refractivity contribution in [2.45, 2.75) is 13.8 Å². The van der Waals surface area contributed by atoms with Crippen molar-refractivity contribution in [2.75, 3.05) is 5.32 Å². The van der Waals surface area contributed by atoms with Gasteiger partial charge in [-0.1, -0.05) is 11.3 Å². The summed E-state index contributed by atoms with van der Waals surface area (Å²) in [5, 5.41) is 25.8. The fourth-order valence-electron chi connectivity index (χ4n) is 1.62. The predicted octanol–water partition coefficient (Wildman–Crippen LogP) is 1.05. The molecule has 0 spiro atoms. The van der Waals surface area contributed by atoms with Gasteiger partial charge in [-0.05, 0) is 13.8 Å². The number of carbonyl (C=O) groups is 1. The lowest BCUT2D eigenvalue weighted by Crippen LogP contribution is -2.17. The van der Waals surface area contributed by atoms with Crippen LogP contribution in [0.2, 0.25) is 0 Å². The van der Waals surface area contributed by atoms with Gasteiger partial charge in [0.2, 0.25) is 10.8 Å². The first-order chi connectivity index (χ1) is 8.90. The number of aromatic nitrogens is 4. The molecule has 2 heterocycles. The lowest BCUT2D eigenvalue weighted by atomic mass is 10.3. The average molecular weight is 282 g/mol. The van der Waals surface area contributed by atoms with Gasteiger partial charge in [0.15, 0.2) is 0 Å². The molecule has 0 fully saturated rings. The monoisotopic (exact) mass is 282 g/mol. The molecule has 0 unspecified atom stereocenters. The fraction of sp³-hybridized carbons (Fsp3) is 0.333. The molecule has 100 valence electrons. The second-order valence-corrected chi connectivity index (χ2v) is 4.93. The average Bonchev–Trinajstić information content (AvgIpc) is 2.82. The van der Waals surface area contributed by atoms with E-state index in [4.69, 9.17) is 0 Å². The number of amides is 1. The van der Waals surface area contributed by atoms with E-state index in [1.54, 1.807) is 6.92 Å². The molecule has 0 aliphatic heterocycles. The maximum absolute atomic E-state index is 12.0. The molecule has 1 amide bonds. The highest BCUT2D eigenvalue weighted by Gasteiger charge is 2.29. The molecule has 2 rings (SSSR count). The van der Waals surface area contributed by atoms with Crippen LogP contribution >= 0.6 is 11.3 Å². The van der Waals surface area contributed by atoms with Crippen LogP contribution in [-0.4, -0.2) is 30.8 Å². The maximum atomic E-state index is 12.0. The van der Waals surface area contributed by atoms with Gasteiger partial charge in [-0.25, -0.2) is 0 Å². The summed E-state index contributed by atoms with van der Waals surface area (Å²) in [5.41, 5.74) is -0.234. The Kier molecular flexibility index (Phi) is 3.25. The number of rotatable bonds is 3. The van der Waals surface area contributed by atoms with Gasteiger partial charge in [0, 0.05) is 7.05 Å².